The number of carboxylic acid groups (broad SMARTS) is 2. The number of rotatable bonds is 10. The maximum absolute atomic E-state index is 11.4. The highest BCUT2D eigenvalue weighted by Gasteiger charge is 2.11. The Balaban J connectivity index is 0.000000360. The van der Waals surface area contributed by atoms with Gasteiger partial charge in [-0.1, -0.05) is 26.7 Å². The number of nitrogens with one attached hydrogen (secondary N) is 4. The zero-order valence-electron chi connectivity index (χ0n) is 20.1. The van der Waals surface area contributed by atoms with Crippen LogP contribution >= 0.6 is 0 Å². The number of benzene rings is 2. The molecule has 0 bridgehead atoms. The largest absolute Gasteiger partial charge is 0.507 e. The molecule has 2 aromatic carbocycles. The maximum atomic E-state index is 11.4. The van der Waals surface area contributed by atoms with Crippen LogP contribution in [0, 0.1) is 0 Å². The molecule has 0 spiro atoms. The molecule has 0 atom stereocenters. The fourth-order valence-electron chi connectivity index (χ4n) is 2.69. The molecule has 2 aromatic rings. The van der Waals surface area contributed by atoms with Gasteiger partial charge in [0.1, 0.15) is 22.6 Å². The van der Waals surface area contributed by atoms with Crippen LogP contribution in [-0.2, 0) is 0 Å². The minimum absolute atomic E-state index is 0.202. The first-order valence-corrected chi connectivity index (χ1v) is 11.3. The van der Waals surface area contributed by atoms with Crippen molar-refractivity contribution in [3.8, 4) is 11.5 Å². The van der Waals surface area contributed by atoms with Gasteiger partial charge in [-0.15, -0.1) is 0 Å². The van der Waals surface area contributed by atoms with Crippen LogP contribution in [0.1, 0.15) is 60.2 Å². The van der Waals surface area contributed by atoms with E-state index in [1.807, 2.05) is 13.8 Å². The van der Waals surface area contributed by atoms with Gasteiger partial charge in [-0.2, -0.15) is 0 Å². The summed E-state index contributed by atoms with van der Waals surface area (Å²) in [5.74, 6) is -3.19. The zero-order valence-corrected chi connectivity index (χ0v) is 20.1. The van der Waals surface area contributed by atoms with Crippen LogP contribution in [0.2, 0.25) is 0 Å². The summed E-state index contributed by atoms with van der Waals surface area (Å²) < 4.78 is 0. The summed E-state index contributed by atoms with van der Waals surface area (Å²) in [5.41, 5.74) is 0.275. The molecule has 8 N–H and O–H groups in total. The van der Waals surface area contributed by atoms with Gasteiger partial charge in [-0.3, -0.25) is 0 Å². The molecule has 0 radical (unpaired) electrons. The van der Waals surface area contributed by atoms with E-state index in [0.29, 0.717) is 24.5 Å². The molecule has 0 fully saturated rings. The first kappa shape index (κ1) is 29.6. The number of unbranched alkanes of at least 4 members (excludes halogenated alkanes) is 2. The number of amides is 4. The smallest absolute Gasteiger partial charge is 0.339 e. The normalized spacial score (nSPS) is 9.83. The van der Waals surface area contributed by atoms with Crippen molar-refractivity contribution in [2.45, 2.75) is 39.5 Å². The molecular weight excluding hydrogens is 472 g/mol. The number of anilines is 2. The molecule has 196 valence electrons. The second-order valence-electron chi connectivity index (χ2n) is 7.54. The molecule has 12 nitrogen and oxygen atoms in total. The highest BCUT2D eigenvalue weighted by Crippen LogP contribution is 2.22. The highest BCUT2D eigenvalue weighted by atomic mass is 16.4. The van der Waals surface area contributed by atoms with Gasteiger partial charge in [0.2, 0.25) is 0 Å². The number of aromatic hydroxyl groups is 2. The summed E-state index contributed by atoms with van der Waals surface area (Å²) >= 11 is 0. The van der Waals surface area contributed by atoms with E-state index < -0.39 is 11.9 Å². The number of hydrogen-bond donors (Lipinski definition) is 8. The molecule has 0 aromatic heterocycles. The summed E-state index contributed by atoms with van der Waals surface area (Å²) in [4.78, 5) is 44.1. The number of carbonyl (C=O) groups excluding carboxylic acids is 2. The zero-order chi connectivity index (χ0) is 27.1. The third kappa shape index (κ3) is 10.6. The van der Waals surface area contributed by atoms with E-state index in [1.54, 1.807) is 0 Å². The fourth-order valence-corrected chi connectivity index (χ4v) is 2.69. The predicted molar refractivity (Wildman–Crippen MR) is 134 cm³/mol. The van der Waals surface area contributed by atoms with Crippen molar-refractivity contribution in [2.24, 2.45) is 0 Å². The molecular formula is C24H32N4O8. The van der Waals surface area contributed by atoms with E-state index in [-0.39, 0.29) is 34.7 Å². The van der Waals surface area contributed by atoms with E-state index in [0.717, 1.165) is 25.7 Å². The van der Waals surface area contributed by atoms with Gasteiger partial charge >= 0.3 is 24.0 Å². The Kier molecular flexibility index (Phi) is 12.7. The number of phenols is 2. The minimum Gasteiger partial charge on any atom is -0.507 e. The summed E-state index contributed by atoms with van der Waals surface area (Å²) in [7, 11) is 0. The third-order valence-corrected chi connectivity index (χ3v) is 4.60. The molecule has 0 saturated carbocycles. The number of carboxylic acids is 2. The molecule has 0 aliphatic rings. The number of urea groups is 2. The van der Waals surface area contributed by atoms with Crippen molar-refractivity contribution >= 4 is 35.4 Å². The van der Waals surface area contributed by atoms with Gasteiger partial charge in [0, 0.05) is 36.6 Å². The van der Waals surface area contributed by atoms with Crippen molar-refractivity contribution in [3.63, 3.8) is 0 Å². The van der Waals surface area contributed by atoms with E-state index in [1.165, 1.54) is 36.4 Å². The van der Waals surface area contributed by atoms with E-state index in [4.69, 9.17) is 10.2 Å². The summed E-state index contributed by atoms with van der Waals surface area (Å²) in [6.45, 7) is 5.17. The molecule has 0 heterocycles. The van der Waals surface area contributed by atoms with Crippen molar-refractivity contribution in [1.82, 2.24) is 10.6 Å². The highest BCUT2D eigenvalue weighted by molar-refractivity contribution is 5.94. The lowest BCUT2D eigenvalue weighted by molar-refractivity contribution is 0.0682. The molecule has 36 heavy (non-hydrogen) atoms. The number of aromatic carboxylic acids is 2. The Bertz CT molecular complexity index is 975. The first-order chi connectivity index (χ1) is 17.1. The fraction of sp³-hybridized carbons (Fsp3) is 0.333. The second kappa shape index (κ2) is 15.4. The lowest BCUT2D eigenvalue weighted by atomic mass is 10.2. The third-order valence-electron chi connectivity index (χ3n) is 4.60. The summed E-state index contributed by atoms with van der Waals surface area (Å²) in [5, 5.41) is 46.6. The standard InChI is InChI=1S/2C12H16N2O4/c2*1-2-3-6-13-12(18)14-8-4-5-9(11(16)17)10(15)7-8/h2*4-5,7,15H,2-3,6H2,1H3,(H,16,17)(H2,13,14,18). The number of carbonyl (C=O) groups is 4. The van der Waals surface area contributed by atoms with Crippen molar-refractivity contribution in [1.29, 1.82) is 0 Å². The Labute approximate surface area is 208 Å². The van der Waals surface area contributed by atoms with Crippen LogP contribution in [0.3, 0.4) is 0 Å². The lowest BCUT2D eigenvalue weighted by Gasteiger charge is -2.08. The van der Waals surface area contributed by atoms with Crippen LogP contribution in [-0.4, -0.2) is 57.5 Å². The van der Waals surface area contributed by atoms with Gasteiger partial charge in [0.15, 0.2) is 0 Å². The van der Waals surface area contributed by atoms with E-state index >= 15 is 0 Å². The molecule has 0 aliphatic heterocycles. The molecule has 0 aliphatic carbocycles. The van der Waals surface area contributed by atoms with Gasteiger partial charge in [0.05, 0.1) is 0 Å². The lowest BCUT2D eigenvalue weighted by Crippen LogP contribution is -2.29. The molecule has 0 saturated heterocycles. The van der Waals surface area contributed by atoms with Crippen LogP contribution in [0.25, 0.3) is 0 Å². The van der Waals surface area contributed by atoms with Crippen LogP contribution in [0.4, 0.5) is 21.0 Å². The quantitative estimate of drug-likeness (QED) is 0.222. The van der Waals surface area contributed by atoms with Crippen LogP contribution in [0.15, 0.2) is 36.4 Å². The Morgan fingerprint density at radius 1 is 0.667 bits per heavy atom. The Hall–Kier alpha value is -4.48. The van der Waals surface area contributed by atoms with Gasteiger partial charge in [0.25, 0.3) is 0 Å². The van der Waals surface area contributed by atoms with Gasteiger partial charge in [-0.25, -0.2) is 19.2 Å². The monoisotopic (exact) mass is 504 g/mol. The van der Waals surface area contributed by atoms with Crippen LogP contribution in [0.5, 0.6) is 11.5 Å². The van der Waals surface area contributed by atoms with Gasteiger partial charge in [-0.05, 0) is 37.1 Å². The maximum Gasteiger partial charge on any atom is 0.339 e. The first-order valence-electron chi connectivity index (χ1n) is 11.3. The van der Waals surface area contributed by atoms with E-state index in [9.17, 15) is 29.4 Å². The Morgan fingerprint density at radius 2 is 1.03 bits per heavy atom. The minimum atomic E-state index is -1.22. The predicted octanol–water partition coefficient (Wildman–Crippen LogP) is 4.02. The SMILES string of the molecule is CCCCNC(=O)Nc1ccc(C(=O)O)c(O)c1.CCCCNC(=O)Nc1ccc(C(=O)O)c(O)c1. The second-order valence-corrected chi connectivity index (χ2v) is 7.54. The molecule has 12 heteroatoms. The van der Waals surface area contributed by atoms with Crippen LogP contribution < -0.4 is 21.3 Å². The topological polar surface area (TPSA) is 197 Å². The number of hydrogen-bond acceptors (Lipinski definition) is 6. The molecule has 0 unspecified atom stereocenters. The van der Waals surface area contributed by atoms with Crippen molar-refractivity contribution < 1.29 is 39.6 Å². The van der Waals surface area contributed by atoms with Crippen molar-refractivity contribution in [3.05, 3.63) is 47.5 Å². The Morgan fingerprint density at radius 3 is 1.31 bits per heavy atom. The summed E-state index contributed by atoms with van der Waals surface area (Å²) in [6.07, 6.45) is 3.73. The summed E-state index contributed by atoms with van der Waals surface area (Å²) in [6, 6.07) is 6.94. The molecule has 4 amide bonds. The van der Waals surface area contributed by atoms with E-state index in [2.05, 4.69) is 21.3 Å². The molecule has 2 rings (SSSR count). The average Bonchev–Trinajstić information content (AvgIpc) is 2.79. The van der Waals surface area contributed by atoms with Gasteiger partial charge < -0.3 is 41.7 Å². The van der Waals surface area contributed by atoms with Crippen molar-refractivity contribution in [2.75, 3.05) is 23.7 Å². The average molecular weight is 505 g/mol.